The number of pyridine rings is 1. The van der Waals surface area contributed by atoms with E-state index < -0.39 is 0 Å². The van der Waals surface area contributed by atoms with Crippen LogP contribution in [0.2, 0.25) is 0 Å². The maximum atomic E-state index is 4.50. The highest BCUT2D eigenvalue weighted by Gasteiger charge is 2.19. The molecule has 0 aromatic carbocycles. The molecule has 0 radical (unpaired) electrons. The highest BCUT2D eigenvalue weighted by atomic mass is 15.3. The van der Waals surface area contributed by atoms with Crippen LogP contribution in [0.4, 0.5) is 5.95 Å². The fraction of sp³-hybridized carbons (Fsp3) is 0.400. The Morgan fingerprint density at radius 3 is 2.35 bits per heavy atom. The Morgan fingerprint density at radius 2 is 1.70 bits per heavy atom. The van der Waals surface area contributed by atoms with Gasteiger partial charge in [0, 0.05) is 43.4 Å². The maximum absolute atomic E-state index is 4.50. The van der Waals surface area contributed by atoms with E-state index in [1.54, 1.807) is 12.4 Å². The molecule has 0 bridgehead atoms. The van der Waals surface area contributed by atoms with Crippen molar-refractivity contribution >= 4 is 5.95 Å². The van der Waals surface area contributed by atoms with Crippen LogP contribution in [0.3, 0.4) is 0 Å². The molecule has 0 amide bonds. The van der Waals surface area contributed by atoms with Crippen LogP contribution in [-0.2, 0) is 0 Å². The first-order valence-electron chi connectivity index (χ1n) is 7.00. The standard InChI is InChI=1S/C15H19N5/c1-20(14-4-8-17-9-5-14)15-18-10-13(11-19-15)12-2-6-16-7-3-12/h2-3,6-7,10-11,14,17H,4-5,8-9H2,1H3. The first kappa shape index (κ1) is 13.0. The lowest BCUT2D eigenvalue weighted by Gasteiger charge is -2.31. The molecule has 0 aliphatic carbocycles. The normalized spacial score (nSPS) is 16.1. The number of nitrogens with one attached hydrogen (secondary N) is 1. The summed E-state index contributed by atoms with van der Waals surface area (Å²) in [6.07, 6.45) is 9.62. The van der Waals surface area contributed by atoms with E-state index in [4.69, 9.17) is 0 Å². The average molecular weight is 269 g/mol. The van der Waals surface area contributed by atoms with Crippen molar-refractivity contribution in [3.8, 4) is 11.1 Å². The van der Waals surface area contributed by atoms with Crippen LogP contribution in [0.5, 0.6) is 0 Å². The maximum Gasteiger partial charge on any atom is 0.225 e. The number of aromatic nitrogens is 3. The largest absolute Gasteiger partial charge is 0.341 e. The molecule has 1 aliphatic heterocycles. The van der Waals surface area contributed by atoms with Gasteiger partial charge < -0.3 is 10.2 Å². The van der Waals surface area contributed by atoms with Crippen molar-refractivity contribution in [2.75, 3.05) is 25.0 Å². The average Bonchev–Trinajstić information content (AvgIpc) is 2.56. The monoisotopic (exact) mass is 269 g/mol. The summed E-state index contributed by atoms with van der Waals surface area (Å²) in [5, 5.41) is 3.38. The Labute approximate surface area is 119 Å². The SMILES string of the molecule is CN(c1ncc(-c2ccncc2)cn1)C1CCNCC1. The van der Waals surface area contributed by atoms with Crippen molar-refractivity contribution < 1.29 is 0 Å². The van der Waals surface area contributed by atoms with Gasteiger partial charge >= 0.3 is 0 Å². The molecular formula is C15H19N5. The lowest BCUT2D eigenvalue weighted by atomic mass is 10.1. The Balaban J connectivity index is 1.75. The Kier molecular flexibility index (Phi) is 3.87. The van der Waals surface area contributed by atoms with E-state index in [9.17, 15) is 0 Å². The van der Waals surface area contributed by atoms with Gasteiger partial charge in [-0.15, -0.1) is 0 Å². The zero-order valence-electron chi connectivity index (χ0n) is 11.7. The second-order valence-corrected chi connectivity index (χ2v) is 5.10. The number of piperidine rings is 1. The minimum absolute atomic E-state index is 0.531. The van der Waals surface area contributed by atoms with Crippen LogP contribution in [0.1, 0.15) is 12.8 Å². The molecule has 2 aromatic heterocycles. The minimum atomic E-state index is 0.531. The molecule has 3 rings (SSSR count). The van der Waals surface area contributed by atoms with E-state index >= 15 is 0 Å². The van der Waals surface area contributed by atoms with Gasteiger partial charge in [-0.1, -0.05) is 0 Å². The molecule has 20 heavy (non-hydrogen) atoms. The summed E-state index contributed by atoms with van der Waals surface area (Å²) in [7, 11) is 2.08. The third kappa shape index (κ3) is 2.77. The van der Waals surface area contributed by atoms with Gasteiger partial charge in [0.1, 0.15) is 0 Å². The molecule has 0 unspecified atom stereocenters. The number of hydrogen-bond acceptors (Lipinski definition) is 5. The molecule has 1 aliphatic rings. The third-order valence-corrected chi connectivity index (χ3v) is 3.82. The van der Waals surface area contributed by atoms with Crippen molar-refractivity contribution in [1.29, 1.82) is 0 Å². The van der Waals surface area contributed by atoms with Gasteiger partial charge in [0.2, 0.25) is 5.95 Å². The van der Waals surface area contributed by atoms with E-state index in [0.717, 1.165) is 43.0 Å². The van der Waals surface area contributed by atoms with Crippen molar-refractivity contribution in [1.82, 2.24) is 20.3 Å². The van der Waals surface area contributed by atoms with E-state index in [1.807, 2.05) is 24.5 Å². The summed E-state index contributed by atoms with van der Waals surface area (Å²) in [6.45, 7) is 2.15. The fourth-order valence-electron chi connectivity index (χ4n) is 2.55. The van der Waals surface area contributed by atoms with Crippen molar-refractivity contribution in [2.24, 2.45) is 0 Å². The molecule has 1 N–H and O–H groups in total. The second-order valence-electron chi connectivity index (χ2n) is 5.10. The molecule has 104 valence electrons. The molecular weight excluding hydrogens is 250 g/mol. The zero-order chi connectivity index (χ0) is 13.8. The van der Waals surface area contributed by atoms with Crippen LogP contribution in [0.25, 0.3) is 11.1 Å². The van der Waals surface area contributed by atoms with Gasteiger partial charge in [-0.05, 0) is 43.6 Å². The smallest absolute Gasteiger partial charge is 0.225 e. The molecule has 5 nitrogen and oxygen atoms in total. The van der Waals surface area contributed by atoms with Crippen LogP contribution < -0.4 is 10.2 Å². The van der Waals surface area contributed by atoms with Crippen LogP contribution in [0.15, 0.2) is 36.9 Å². The van der Waals surface area contributed by atoms with Crippen LogP contribution in [0, 0.1) is 0 Å². The number of nitrogens with zero attached hydrogens (tertiary/aromatic N) is 4. The molecule has 0 atom stereocenters. The Morgan fingerprint density at radius 1 is 1.05 bits per heavy atom. The molecule has 5 heteroatoms. The molecule has 1 fully saturated rings. The summed E-state index contributed by atoms with van der Waals surface area (Å²) in [5.41, 5.74) is 2.12. The molecule has 1 saturated heterocycles. The molecule has 0 saturated carbocycles. The minimum Gasteiger partial charge on any atom is -0.341 e. The second kappa shape index (κ2) is 5.96. The fourth-order valence-corrected chi connectivity index (χ4v) is 2.55. The first-order valence-corrected chi connectivity index (χ1v) is 7.00. The molecule has 2 aromatic rings. The Bertz CT molecular complexity index is 534. The predicted molar refractivity (Wildman–Crippen MR) is 79.6 cm³/mol. The van der Waals surface area contributed by atoms with Crippen LogP contribution >= 0.6 is 0 Å². The van der Waals surface area contributed by atoms with Gasteiger partial charge in [-0.2, -0.15) is 0 Å². The van der Waals surface area contributed by atoms with Crippen molar-refractivity contribution in [2.45, 2.75) is 18.9 Å². The van der Waals surface area contributed by atoms with Gasteiger partial charge in [0.15, 0.2) is 0 Å². The summed E-state index contributed by atoms with van der Waals surface area (Å²) >= 11 is 0. The van der Waals surface area contributed by atoms with E-state index in [0.29, 0.717) is 6.04 Å². The molecule has 3 heterocycles. The highest BCUT2D eigenvalue weighted by Crippen LogP contribution is 2.20. The van der Waals surface area contributed by atoms with Crippen molar-refractivity contribution in [3.63, 3.8) is 0 Å². The first-order chi connectivity index (χ1) is 9.84. The van der Waals surface area contributed by atoms with Gasteiger partial charge in [0.25, 0.3) is 0 Å². The quantitative estimate of drug-likeness (QED) is 0.919. The zero-order valence-corrected chi connectivity index (χ0v) is 11.7. The predicted octanol–water partition coefficient (Wildman–Crippen LogP) is 1.73. The van der Waals surface area contributed by atoms with E-state index in [1.165, 1.54) is 0 Å². The number of anilines is 1. The van der Waals surface area contributed by atoms with Crippen molar-refractivity contribution in [3.05, 3.63) is 36.9 Å². The highest BCUT2D eigenvalue weighted by molar-refractivity contribution is 5.61. The van der Waals surface area contributed by atoms with Crippen LogP contribution in [-0.4, -0.2) is 41.1 Å². The summed E-state index contributed by atoms with van der Waals surface area (Å²) < 4.78 is 0. The number of hydrogen-bond donors (Lipinski definition) is 1. The van der Waals surface area contributed by atoms with Gasteiger partial charge in [0.05, 0.1) is 0 Å². The number of rotatable bonds is 3. The van der Waals surface area contributed by atoms with E-state index in [2.05, 4.69) is 32.2 Å². The summed E-state index contributed by atoms with van der Waals surface area (Å²) in [5.74, 6) is 0.801. The lowest BCUT2D eigenvalue weighted by Crippen LogP contribution is -2.41. The van der Waals surface area contributed by atoms with Gasteiger partial charge in [-0.3, -0.25) is 4.98 Å². The molecule has 0 spiro atoms. The third-order valence-electron chi connectivity index (χ3n) is 3.82. The van der Waals surface area contributed by atoms with Gasteiger partial charge in [-0.25, -0.2) is 9.97 Å². The summed E-state index contributed by atoms with van der Waals surface area (Å²) in [4.78, 5) is 15.2. The topological polar surface area (TPSA) is 53.9 Å². The summed E-state index contributed by atoms with van der Waals surface area (Å²) in [6, 6.07) is 4.46. The Hall–Kier alpha value is -2.01. The lowest BCUT2D eigenvalue weighted by molar-refractivity contribution is 0.439. The van der Waals surface area contributed by atoms with E-state index in [-0.39, 0.29) is 0 Å².